The minimum absolute atomic E-state index is 0.0661. The van der Waals surface area contributed by atoms with Gasteiger partial charge >= 0.3 is 6.18 Å². The zero-order valence-electron chi connectivity index (χ0n) is 12.1. The third-order valence-corrected chi connectivity index (χ3v) is 3.88. The van der Waals surface area contributed by atoms with Crippen LogP contribution in [-0.4, -0.2) is 9.38 Å². The molecule has 0 N–H and O–H groups in total. The Morgan fingerprint density at radius 3 is 2.65 bits per heavy atom. The van der Waals surface area contributed by atoms with Gasteiger partial charge in [-0.05, 0) is 25.1 Å². The number of halogens is 4. The number of aryl methyl sites for hydroxylation is 1. The van der Waals surface area contributed by atoms with Crippen molar-refractivity contribution in [2.24, 2.45) is 0 Å². The van der Waals surface area contributed by atoms with Gasteiger partial charge in [-0.15, -0.1) is 0 Å². The third-order valence-electron chi connectivity index (χ3n) is 3.42. The molecule has 2 heterocycles. The number of pyridine rings is 1. The molecule has 0 saturated carbocycles. The lowest BCUT2D eigenvalue weighted by atomic mass is 10.1. The second-order valence-corrected chi connectivity index (χ2v) is 5.36. The minimum Gasteiger partial charge on any atom is -0.485 e. The molecular weight excluding hydrogens is 329 g/mol. The van der Waals surface area contributed by atoms with Gasteiger partial charge in [0.1, 0.15) is 11.8 Å². The lowest BCUT2D eigenvalue weighted by Gasteiger charge is -2.13. The van der Waals surface area contributed by atoms with Gasteiger partial charge in [0.2, 0.25) is 0 Å². The van der Waals surface area contributed by atoms with Gasteiger partial charge in [0.15, 0.2) is 11.4 Å². The molecule has 7 heteroatoms. The van der Waals surface area contributed by atoms with Crippen LogP contribution in [0.15, 0.2) is 42.6 Å². The smallest absolute Gasteiger partial charge is 0.416 e. The van der Waals surface area contributed by atoms with Crippen molar-refractivity contribution in [3.63, 3.8) is 0 Å². The number of alkyl halides is 3. The van der Waals surface area contributed by atoms with E-state index in [1.165, 1.54) is 12.1 Å². The molecule has 0 aliphatic heterocycles. The van der Waals surface area contributed by atoms with Crippen molar-refractivity contribution in [2.45, 2.75) is 19.7 Å². The summed E-state index contributed by atoms with van der Waals surface area (Å²) >= 11 is 6.11. The summed E-state index contributed by atoms with van der Waals surface area (Å²) in [7, 11) is 0. The van der Waals surface area contributed by atoms with E-state index in [0.29, 0.717) is 22.2 Å². The number of ether oxygens (including phenoxy) is 1. The lowest BCUT2D eigenvalue weighted by molar-refractivity contribution is -0.138. The quantitative estimate of drug-likeness (QED) is 0.678. The first-order valence-electron chi connectivity index (χ1n) is 6.79. The van der Waals surface area contributed by atoms with Crippen LogP contribution in [0.25, 0.3) is 5.65 Å². The molecule has 0 aliphatic carbocycles. The predicted molar refractivity (Wildman–Crippen MR) is 80.7 cm³/mol. The van der Waals surface area contributed by atoms with E-state index in [9.17, 15) is 13.2 Å². The molecule has 1 aromatic carbocycles. The van der Waals surface area contributed by atoms with Gasteiger partial charge in [0.05, 0.1) is 11.3 Å². The van der Waals surface area contributed by atoms with Crippen molar-refractivity contribution in [2.75, 3.05) is 0 Å². The Morgan fingerprint density at radius 2 is 1.91 bits per heavy atom. The maximum atomic E-state index is 13.0. The maximum absolute atomic E-state index is 13.0. The Hall–Kier alpha value is -2.21. The van der Waals surface area contributed by atoms with Crippen molar-refractivity contribution in [1.29, 1.82) is 0 Å². The predicted octanol–water partition coefficient (Wildman–Crippen LogP) is 4.89. The summed E-state index contributed by atoms with van der Waals surface area (Å²) in [6.07, 6.45) is -2.70. The largest absolute Gasteiger partial charge is 0.485 e. The van der Waals surface area contributed by atoms with Crippen molar-refractivity contribution >= 4 is 17.2 Å². The van der Waals surface area contributed by atoms with E-state index >= 15 is 0 Å². The van der Waals surface area contributed by atoms with Crippen LogP contribution >= 0.6 is 11.6 Å². The van der Waals surface area contributed by atoms with E-state index in [4.69, 9.17) is 16.3 Å². The van der Waals surface area contributed by atoms with Crippen LogP contribution in [0.5, 0.6) is 5.75 Å². The van der Waals surface area contributed by atoms with Crippen LogP contribution in [0.4, 0.5) is 13.2 Å². The second-order valence-electron chi connectivity index (χ2n) is 5.00. The molecule has 23 heavy (non-hydrogen) atoms. The molecule has 0 amide bonds. The Balaban J connectivity index is 1.92. The van der Waals surface area contributed by atoms with Crippen LogP contribution < -0.4 is 4.74 Å². The molecule has 0 unspecified atom stereocenters. The van der Waals surface area contributed by atoms with Gasteiger partial charge in [-0.1, -0.05) is 29.8 Å². The average Bonchev–Trinajstić information content (AvgIpc) is 2.80. The molecule has 0 saturated heterocycles. The molecule has 3 aromatic rings. The summed E-state index contributed by atoms with van der Waals surface area (Å²) in [6, 6.07) is 8.68. The average molecular weight is 341 g/mol. The van der Waals surface area contributed by atoms with E-state index in [-0.39, 0.29) is 12.2 Å². The maximum Gasteiger partial charge on any atom is 0.416 e. The van der Waals surface area contributed by atoms with Crippen LogP contribution in [0, 0.1) is 6.92 Å². The Morgan fingerprint density at radius 1 is 1.17 bits per heavy atom. The van der Waals surface area contributed by atoms with Gasteiger partial charge in [-0.3, -0.25) is 4.40 Å². The summed E-state index contributed by atoms with van der Waals surface area (Å²) in [5, 5.41) is 0.446. The first-order chi connectivity index (χ1) is 10.9. The molecule has 0 aliphatic rings. The number of aromatic nitrogens is 2. The fourth-order valence-corrected chi connectivity index (χ4v) is 2.50. The van der Waals surface area contributed by atoms with Crippen molar-refractivity contribution in [3.8, 4) is 5.75 Å². The molecule has 0 atom stereocenters. The van der Waals surface area contributed by atoms with E-state index in [2.05, 4.69) is 4.98 Å². The molecular formula is C16H12ClF3N2O. The number of imidazole rings is 1. The number of nitrogens with zero attached hydrogens (tertiary/aromatic N) is 2. The summed E-state index contributed by atoms with van der Waals surface area (Å²) in [5.74, 6) is 0.375. The van der Waals surface area contributed by atoms with E-state index in [1.54, 1.807) is 35.7 Å². The Kier molecular flexibility index (Phi) is 3.93. The van der Waals surface area contributed by atoms with Gasteiger partial charge in [-0.2, -0.15) is 13.2 Å². The van der Waals surface area contributed by atoms with E-state index < -0.39 is 11.7 Å². The number of hydrogen-bond acceptors (Lipinski definition) is 2. The van der Waals surface area contributed by atoms with Crippen LogP contribution in [0.3, 0.4) is 0 Å². The zero-order valence-corrected chi connectivity index (χ0v) is 12.8. The van der Waals surface area contributed by atoms with Gasteiger partial charge in [-0.25, -0.2) is 4.98 Å². The summed E-state index contributed by atoms with van der Waals surface area (Å²) in [4.78, 5) is 4.28. The monoisotopic (exact) mass is 340 g/mol. The zero-order chi connectivity index (χ0) is 16.6. The summed E-state index contributed by atoms with van der Waals surface area (Å²) < 4.78 is 46.2. The van der Waals surface area contributed by atoms with Crippen molar-refractivity contribution in [1.82, 2.24) is 9.38 Å². The molecule has 0 radical (unpaired) electrons. The van der Waals surface area contributed by atoms with Crippen LogP contribution in [0.2, 0.25) is 5.15 Å². The first-order valence-corrected chi connectivity index (χ1v) is 7.17. The lowest BCUT2D eigenvalue weighted by Crippen LogP contribution is -2.10. The highest BCUT2D eigenvalue weighted by molar-refractivity contribution is 6.30. The molecule has 3 rings (SSSR count). The molecule has 3 nitrogen and oxygen atoms in total. The molecule has 0 fully saturated rings. The van der Waals surface area contributed by atoms with Crippen molar-refractivity contribution < 1.29 is 17.9 Å². The van der Waals surface area contributed by atoms with Crippen LogP contribution in [0.1, 0.15) is 16.8 Å². The summed E-state index contributed by atoms with van der Waals surface area (Å²) in [6.45, 7) is 1.54. The highest BCUT2D eigenvalue weighted by Gasteiger charge is 2.33. The van der Waals surface area contributed by atoms with Gasteiger partial charge < -0.3 is 4.74 Å². The van der Waals surface area contributed by atoms with Gasteiger partial charge in [0.25, 0.3) is 0 Å². The SMILES string of the molecule is Cc1nc2c(OCc3ccccc3C(F)(F)F)cccn2c1Cl. The first kappa shape index (κ1) is 15.7. The fourth-order valence-electron chi connectivity index (χ4n) is 2.32. The number of benzene rings is 1. The fraction of sp³-hybridized carbons (Fsp3) is 0.188. The third kappa shape index (κ3) is 2.99. The highest BCUT2D eigenvalue weighted by atomic mass is 35.5. The van der Waals surface area contributed by atoms with E-state index in [0.717, 1.165) is 6.07 Å². The number of hydrogen-bond donors (Lipinski definition) is 0. The van der Waals surface area contributed by atoms with E-state index in [1.807, 2.05) is 0 Å². The Labute approximate surface area is 135 Å². The number of rotatable bonds is 3. The van der Waals surface area contributed by atoms with Crippen LogP contribution in [-0.2, 0) is 12.8 Å². The molecule has 120 valence electrons. The molecule has 2 aromatic heterocycles. The van der Waals surface area contributed by atoms with Crippen molar-refractivity contribution in [3.05, 3.63) is 64.6 Å². The highest BCUT2D eigenvalue weighted by Crippen LogP contribution is 2.33. The standard InChI is InChI=1S/C16H12ClF3N2O/c1-10-14(17)22-8-4-7-13(15(22)21-10)23-9-11-5-2-3-6-12(11)16(18,19)20/h2-8H,9H2,1H3. The minimum atomic E-state index is -4.42. The molecule has 0 spiro atoms. The topological polar surface area (TPSA) is 26.5 Å². The number of fused-ring (bicyclic) bond motifs is 1. The summed E-state index contributed by atoms with van der Waals surface area (Å²) in [5.41, 5.74) is 0.457. The second kappa shape index (κ2) is 5.77. The molecule has 0 bridgehead atoms. The Bertz CT molecular complexity index is 858. The van der Waals surface area contributed by atoms with Gasteiger partial charge in [0, 0.05) is 11.8 Å². The normalized spacial score (nSPS) is 11.9.